The molecule has 2 heterocycles. The van der Waals surface area contributed by atoms with Crippen molar-refractivity contribution in [2.24, 2.45) is 10.7 Å². The van der Waals surface area contributed by atoms with Crippen molar-refractivity contribution in [2.75, 3.05) is 26.2 Å². The number of guanidine groups is 1. The highest BCUT2D eigenvalue weighted by Crippen LogP contribution is 2.08. The van der Waals surface area contributed by atoms with Crippen molar-refractivity contribution in [3.05, 3.63) is 0 Å². The van der Waals surface area contributed by atoms with E-state index < -0.39 is 0 Å². The Hall–Kier alpha value is -0.770. The Labute approximate surface area is 72.8 Å². The van der Waals surface area contributed by atoms with Crippen LogP contribution in [0.4, 0.5) is 0 Å². The van der Waals surface area contributed by atoms with E-state index in [9.17, 15) is 0 Å². The van der Waals surface area contributed by atoms with Crippen LogP contribution < -0.4 is 11.1 Å². The van der Waals surface area contributed by atoms with Gasteiger partial charge in [0.15, 0.2) is 5.96 Å². The van der Waals surface area contributed by atoms with E-state index in [1.54, 1.807) is 0 Å². The molecule has 1 saturated heterocycles. The number of hydrogen-bond acceptors (Lipinski definition) is 4. The summed E-state index contributed by atoms with van der Waals surface area (Å²) in [7, 11) is 0. The standard InChI is InChI=1S/C8H16N4/c9-7-2-1-5-12(6-7)8-10-3-4-11-8/h7H,1-6,9H2,(H,10,11). The molecular weight excluding hydrogens is 152 g/mol. The average Bonchev–Trinajstić information content (AvgIpc) is 2.56. The van der Waals surface area contributed by atoms with E-state index in [0.717, 1.165) is 38.6 Å². The molecule has 2 aliphatic heterocycles. The van der Waals surface area contributed by atoms with Crippen molar-refractivity contribution < 1.29 is 0 Å². The minimum atomic E-state index is 0.337. The van der Waals surface area contributed by atoms with Crippen LogP contribution in [-0.4, -0.2) is 43.1 Å². The maximum absolute atomic E-state index is 5.87. The van der Waals surface area contributed by atoms with Gasteiger partial charge in [0.1, 0.15) is 0 Å². The molecule has 3 N–H and O–H groups in total. The quantitative estimate of drug-likeness (QED) is 0.506. The number of likely N-dealkylation sites (tertiary alicyclic amines) is 1. The summed E-state index contributed by atoms with van der Waals surface area (Å²) in [6.07, 6.45) is 2.35. The van der Waals surface area contributed by atoms with Gasteiger partial charge in [-0.15, -0.1) is 0 Å². The zero-order valence-corrected chi connectivity index (χ0v) is 7.29. The summed E-state index contributed by atoms with van der Waals surface area (Å²) in [5.41, 5.74) is 5.87. The lowest BCUT2D eigenvalue weighted by molar-refractivity contribution is 0.304. The number of rotatable bonds is 0. The lowest BCUT2D eigenvalue weighted by Gasteiger charge is -2.31. The van der Waals surface area contributed by atoms with Crippen LogP contribution in [0.3, 0.4) is 0 Å². The molecule has 0 aromatic heterocycles. The Bertz CT molecular complexity index is 189. The van der Waals surface area contributed by atoms with E-state index >= 15 is 0 Å². The maximum atomic E-state index is 5.87. The Kier molecular flexibility index (Phi) is 2.17. The van der Waals surface area contributed by atoms with Gasteiger partial charge >= 0.3 is 0 Å². The molecule has 2 aliphatic rings. The summed E-state index contributed by atoms with van der Waals surface area (Å²) in [5, 5.41) is 3.27. The van der Waals surface area contributed by atoms with E-state index in [0.29, 0.717) is 6.04 Å². The van der Waals surface area contributed by atoms with Gasteiger partial charge in [-0.3, -0.25) is 4.99 Å². The molecule has 1 fully saturated rings. The number of aliphatic imine (C=N–C) groups is 1. The summed E-state index contributed by atoms with van der Waals surface area (Å²) in [4.78, 5) is 6.63. The first kappa shape index (κ1) is 7.86. The smallest absolute Gasteiger partial charge is 0.194 e. The van der Waals surface area contributed by atoms with Crippen LogP contribution in [-0.2, 0) is 0 Å². The molecule has 0 amide bonds. The monoisotopic (exact) mass is 168 g/mol. The summed E-state index contributed by atoms with van der Waals surface area (Å²) in [5.74, 6) is 1.06. The SMILES string of the molecule is NC1CCCN(C2=NCCN2)C1. The first-order valence-corrected chi connectivity index (χ1v) is 4.65. The highest BCUT2D eigenvalue weighted by Gasteiger charge is 2.20. The molecule has 4 heteroatoms. The first-order chi connectivity index (χ1) is 5.86. The van der Waals surface area contributed by atoms with Gasteiger partial charge in [-0.1, -0.05) is 0 Å². The predicted octanol–water partition coefficient (Wildman–Crippen LogP) is -0.631. The Morgan fingerprint density at radius 3 is 3.17 bits per heavy atom. The fourth-order valence-electron chi connectivity index (χ4n) is 1.80. The maximum Gasteiger partial charge on any atom is 0.194 e. The minimum Gasteiger partial charge on any atom is -0.354 e. The van der Waals surface area contributed by atoms with Gasteiger partial charge in [0.2, 0.25) is 0 Å². The van der Waals surface area contributed by atoms with Gasteiger partial charge in [0.05, 0.1) is 6.54 Å². The molecule has 1 atom stereocenters. The Morgan fingerprint density at radius 2 is 2.50 bits per heavy atom. The zero-order valence-electron chi connectivity index (χ0n) is 7.29. The molecule has 4 nitrogen and oxygen atoms in total. The van der Waals surface area contributed by atoms with Crippen LogP contribution in [0.2, 0.25) is 0 Å². The molecule has 2 rings (SSSR count). The Balaban J connectivity index is 1.94. The first-order valence-electron chi connectivity index (χ1n) is 4.65. The molecule has 0 radical (unpaired) electrons. The van der Waals surface area contributed by atoms with Crippen LogP contribution in [0.25, 0.3) is 0 Å². The lowest BCUT2D eigenvalue weighted by Crippen LogP contribution is -2.49. The van der Waals surface area contributed by atoms with Crippen molar-refractivity contribution in [2.45, 2.75) is 18.9 Å². The molecule has 1 unspecified atom stereocenters. The number of nitrogens with one attached hydrogen (secondary N) is 1. The molecular formula is C8H16N4. The zero-order chi connectivity index (χ0) is 8.39. The summed E-state index contributed by atoms with van der Waals surface area (Å²) in [6, 6.07) is 0.337. The van der Waals surface area contributed by atoms with Crippen molar-refractivity contribution in [3.8, 4) is 0 Å². The molecule has 0 bridgehead atoms. The molecule has 0 aromatic rings. The van der Waals surface area contributed by atoms with E-state index in [2.05, 4.69) is 15.2 Å². The minimum absolute atomic E-state index is 0.337. The normalized spacial score (nSPS) is 29.9. The van der Waals surface area contributed by atoms with Crippen molar-refractivity contribution in [1.29, 1.82) is 0 Å². The van der Waals surface area contributed by atoms with E-state index in [-0.39, 0.29) is 0 Å². The third kappa shape index (κ3) is 1.53. The molecule has 0 saturated carbocycles. The van der Waals surface area contributed by atoms with Crippen LogP contribution in [0.1, 0.15) is 12.8 Å². The summed E-state index contributed by atoms with van der Waals surface area (Å²) in [6.45, 7) is 3.98. The van der Waals surface area contributed by atoms with Crippen molar-refractivity contribution in [3.63, 3.8) is 0 Å². The van der Waals surface area contributed by atoms with Gasteiger partial charge in [0.25, 0.3) is 0 Å². The van der Waals surface area contributed by atoms with Gasteiger partial charge in [-0.05, 0) is 12.8 Å². The fourth-order valence-corrected chi connectivity index (χ4v) is 1.80. The fraction of sp³-hybridized carbons (Fsp3) is 0.875. The van der Waals surface area contributed by atoms with Crippen LogP contribution >= 0.6 is 0 Å². The second-order valence-corrected chi connectivity index (χ2v) is 3.48. The topological polar surface area (TPSA) is 53.6 Å². The van der Waals surface area contributed by atoms with Gasteiger partial charge in [-0.2, -0.15) is 0 Å². The van der Waals surface area contributed by atoms with E-state index in [1.165, 1.54) is 6.42 Å². The number of nitrogens with zero attached hydrogens (tertiary/aromatic N) is 2. The van der Waals surface area contributed by atoms with E-state index in [4.69, 9.17) is 5.73 Å². The van der Waals surface area contributed by atoms with Gasteiger partial charge in [0, 0.05) is 25.7 Å². The molecule has 0 spiro atoms. The van der Waals surface area contributed by atoms with Crippen LogP contribution in [0.5, 0.6) is 0 Å². The highest BCUT2D eigenvalue weighted by molar-refractivity contribution is 5.81. The second kappa shape index (κ2) is 3.31. The van der Waals surface area contributed by atoms with Crippen molar-refractivity contribution in [1.82, 2.24) is 10.2 Å². The molecule has 12 heavy (non-hydrogen) atoms. The summed E-state index contributed by atoms with van der Waals surface area (Å²) < 4.78 is 0. The number of nitrogens with two attached hydrogens (primary N) is 1. The second-order valence-electron chi connectivity index (χ2n) is 3.48. The lowest BCUT2D eigenvalue weighted by atomic mass is 10.1. The summed E-state index contributed by atoms with van der Waals surface area (Å²) >= 11 is 0. The highest BCUT2D eigenvalue weighted by atomic mass is 15.3. The van der Waals surface area contributed by atoms with E-state index in [1.807, 2.05) is 0 Å². The van der Waals surface area contributed by atoms with Crippen LogP contribution in [0.15, 0.2) is 4.99 Å². The van der Waals surface area contributed by atoms with Crippen LogP contribution in [0, 0.1) is 0 Å². The number of hydrogen-bond donors (Lipinski definition) is 2. The molecule has 0 aromatic carbocycles. The van der Waals surface area contributed by atoms with Gasteiger partial charge < -0.3 is 16.0 Å². The molecule has 0 aliphatic carbocycles. The van der Waals surface area contributed by atoms with Crippen molar-refractivity contribution >= 4 is 5.96 Å². The third-order valence-corrected chi connectivity index (χ3v) is 2.41. The predicted molar refractivity (Wildman–Crippen MR) is 49.1 cm³/mol. The largest absolute Gasteiger partial charge is 0.354 e. The van der Waals surface area contributed by atoms with Gasteiger partial charge in [-0.25, -0.2) is 0 Å². The Morgan fingerprint density at radius 1 is 1.58 bits per heavy atom. The third-order valence-electron chi connectivity index (χ3n) is 2.41. The average molecular weight is 168 g/mol. The molecule has 68 valence electrons. The number of piperidine rings is 1.